The quantitative estimate of drug-likeness (QED) is 0.503. The average Bonchev–Trinajstić information content (AvgIpc) is 2.81. The van der Waals surface area contributed by atoms with Crippen LogP contribution in [0.3, 0.4) is 0 Å². The Morgan fingerprint density at radius 3 is 2.61 bits per heavy atom. The molecule has 0 radical (unpaired) electrons. The maximum absolute atomic E-state index is 11.8. The lowest BCUT2D eigenvalue weighted by atomic mass is 10.3. The molecule has 1 aromatic carbocycles. The van der Waals surface area contributed by atoms with Crippen LogP contribution < -0.4 is 5.32 Å². The lowest BCUT2D eigenvalue weighted by molar-refractivity contribution is -0.389. The molecule has 2 rings (SSSR count). The molecule has 2 aromatic rings. The van der Waals surface area contributed by atoms with Gasteiger partial charge in [-0.3, -0.25) is 4.79 Å². The minimum atomic E-state index is -0.580. The number of para-hydroxylation sites is 1. The first kappa shape index (κ1) is 12.6. The minimum absolute atomic E-state index is 0.154. The Morgan fingerprint density at radius 1 is 1.28 bits per heavy atom. The van der Waals surface area contributed by atoms with Crippen LogP contribution in [0, 0.1) is 13.7 Å². The van der Waals surface area contributed by atoms with Gasteiger partial charge in [0.25, 0.3) is 5.91 Å². The standard InChI is InChI=1S/C11H8IN3O3/c12-7-3-1-2-4-8(7)14-11(16)9-5-6-10(13-9)15(17)18/h1-6,13H,(H,14,16). The number of nitro groups is 1. The fourth-order valence-electron chi connectivity index (χ4n) is 1.37. The maximum Gasteiger partial charge on any atom is 0.321 e. The molecular weight excluding hydrogens is 349 g/mol. The van der Waals surface area contributed by atoms with Crippen LogP contribution in [0.5, 0.6) is 0 Å². The van der Waals surface area contributed by atoms with Crippen molar-refractivity contribution in [3.8, 4) is 0 Å². The summed E-state index contributed by atoms with van der Waals surface area (Å²) >= 11 is 2.10. The van der Waals surface area contributed by atoms with Gasteiger partial charge in [0, 0.05) is 9.64 Å². The normalized spacial score (nSPS) is 10.1. The smallest absolute Gasteiger partial charge is 0.321 e. The monoisotopic (exact) mass is 357 g/mol. The molecule has 7 heteroatoms. The third-order valence-corrected chi connectivity index (χ3v) is 3.17. The van der Waals surface area contributed by atoms with Crippen LogP contribution in [0.15, 0.2) is 36.4 Å². The summed E-state index contributed by atoms with van der Waals surface area (Å²) in [5.41, 5.74) is 0.821. The first-order valence-electron chi connectivity index (χ1n) is 4.97. The summed E-state index contributed by atoms with van der Waals surface area (Å²) in [6.45, 7) is 0. The molecule has 0 spiro atoms. The van der Waals surface area contributed by atoms with Crippen LogP contribution in [0.2, 0.25) is 0 Å². The molecule has 1 heterocycles. The number of aromatic nitrogens is 1. The zero-order valence-corrected chi connectivity index (χ0v) is 11.2. The van der Waals surface area contributed by atoms with Gasteiger partial charge in [-0.1, -0.05) is 12.1 Å². The van der Waals surface area contributed by atoms with E-state index in [0.717, 1.165) is 3.57 Å². The first-order chi connectivity index (χ1) is 8.58. The van der Waals surface area contributed by atoms with Crippen LogP contribution in [-0.4, -0.2) is 15.8 Å². The molecular formula is C11H8IN3O3. The molecule has 0 saturated heterocycles. The number of nitrogens with one attached hydrogen (secondary N) is 2. The molecule has 0 bridgehead atoms. The lowest BCUT2D eigenvalue weighted by Crippen LogP contribution is -2.13. The third-order valence-electron chi connectivity index (χ3n) is 2.23. The van der Waals surface area contributed by atoms with Crippen LogP contribution in [0.1, 0.15) is 10.5 Å². The fraction of sp³-hybridized carbons (Fsp3) is 0. The number of carbonyl (C=O) groups is 1. The summed E-state index contributed by atoms with van der Waals surface area (Å²) in [6, 6.07) is 9.91. The molecule has 1 aromatic heterocycles. The van der Waals surface area contributed by atoms with Crippen LogP contribution in [-0.2, 0) is 0 Å². The van der Waals surface area contributed by atoms with E-state index in [1.807, 2.05) is 12.1 Å². The van der Waals surface area contributed by atoms with E-state index in [4.69, 9.17) is 0 Å². The van der Waals surface area contributed by atoms with Crippen molar-refractivity contribution in [3.05, 3.63) is 55.8 Å². The first-order valence-corrected chi connectivity index (χ1v) is 6.05. The van der Waals surface area contributed by atoms with Gasteiger partial charge in [-0.25, -0.2) is 4.98 Å². The molecule has 0 fully saturated rings. The van der Waals surface area contributed by atoms with E-state index in [-0.39, 0.29) is 11.5 Å². The van der Waals surface area contributed by atoms with Crippen molar-refractivity contribution < 1.29 is 9.72 Å². The van der Waals surface area contributed by atoms with E-state index in [2.05, 4.69) is 32.9 Å². The van der Waals surface area contributed by atoms with Gasteiger partial charge in [-0.2, -0.15) is 0 Å². The molecule has 6 nitrogen and oxygen atoms in total. The third kappa shape index (κ3) is 2.67. The Balaban J connectivity index is 2.17. The van der Waals surface area contributed by atoms with Gasteiger partial charge in [-0.15, -0.1) is 0 Å². The molecule has 2 N–H and O–H groups in total. The molecule has 92 valence electrons. The van der Waals surface area contributed by atoms with Crippen molar-refractivity contribution in [1.29, 1.82) is 0 Å². The van der Waals surface area contributed by atoms with E-state index in [0.29, 0.717) is 5.69 Å². The fourth-order valence-corrected chi connectivity index (χ4v) is 1.90. The van der Waals surface area contributed by atoms with Gasteiger partial charge >= 0.3 is 5.82 Å². The summed E-state index contributed by atoms with van der Waals surface area (Å²) in [5, 5.41) is 13.2. The highest BCUT2D eigenvalue weighted by Crippen LogP contribution is 2.18. The number of hydrogen-bond donors (Lipinski definition) is 2. The number of nitrogens with zero attached hydrogens (tertiary/aromatic N) is 1. The highest BCUT2D eigenvalue weighted by Gasteiger charge is 2.15. The highest BCUT2D eigenvalue weighted by atomic mass is 127. The van der Waals surface area contributed by atoms with Crippen molar-refractivity contribution in [2.75, 3.05) is 5.32 Å². The molecule has 0 unspecified atom stereocenters. The molecule has 1 amide bonds. The second-order valence-electron chi connectivity index (χ2n) is 3.45. The van der Waals surface area contributed by atoms with Crippen molar-refractivity contribution in [2.45, 2.75) is 0 Å². The number of benzene rings is 1. The lowest BCUT2D eigenvalue weighted by Gasteiger charge is -2.04. The van der Waals surface area contributed by atoms with E-state index in [1.54, 1.807) is 12.1 Å². The summed E-state index contributed by atoms with van der Waals surface area (Å²) in [7, 11) is 0. The summed E-state index contributed by atoms with van der Waals surface area (Å²) < 4.78 is 0.893. The number of hydrogen-bond acceptors (Lipinski definition) is 3. The summed E-state index contributed by atoms with van der Waals surface area (Å²) in [4.78, 5) is 24.2. The molecule has 0 aliphatic heterocycles. The van der Waals surface area contributed by atoms with E-state index in [1.165, 1.54) is 12.1 Å². The van der Waals surface area contributed by atoms with E-state index >= 15 is 0 Å². The largest absolute Gasteiger partial charge is 0.358 e. The topological polar surface area (TPSA) is 88.0 Å². The molecule has 0 aliphatic rings. The van der Waals surface area contributed by atoms with Gasteiger partial charge in [-0.05, 0) is 45.7 Å². The van der Waals surface area contributed by atoms with Crippen LogP contribution in [0.25, 0.3) is 0 Å². The van der Waals surface area contributed by atoms with Gasteiger partial charge in [0.2, 0.25) is 0 Å². The highest BCUT2D eigenvalue weighted by molar-refractivity contribution is 14.1. The van der Waals surface area contributed by atoms with Crippen molar-refractivity contribution in [2.24, 2.45) is 0 Å². The number of rotatable bonds is 3. The molecule has 0 saturated carbocycles. The van der Waals surface area contributed by atoms with Crippen molar-refractivity contribution in [3.63, 3.8) is 0 Å². The number of halogens is 1. The zero-order valence-electron chi connectivity index (χ0n) is 9.01. The van der Waals surface area contributed by atoms with Gasteiger partial charge < -0.3 is 15.4 Å². The second kappa shape index (κ2) is 5.17. The number of anilines is 1. The molecule has 0 atom stereocenters. The van der Waals surface area contributed by atoms with Crippen molar-refractivity contribution in [1.82, 2.24) is 4.98 Å². The molecule has 18 heavy (non-hydrogen) atoms. The number of amides is 1. The zero-order chi connectivity index (χ0) is 13.1. The predicted octanol–water partition coefficient (Wildman–Crippen LogP) is 2.78. The van der Waals surface area contributed by atoms with Gasteiger partial charge in [0.15, 0.2) is 5.69 Å². The Morgan fingerprint density at radius 2 is 2.00 bits per heavy atom. The Kier molecular flexibility index (Phi) is 3.60. The van der Waals surface area contributed by atoms with Crippen molar-refractivity contribution >= 4 is 40.0 Å². The predicted molar refractivity (Wildman–Crippen MR) is 74.6 cm³/mol. The van der Waals surface area contributed by atoms with E-state index in [9.17, 15) is 14.9 Å². The maximum atomic E-state index is 11.8. The number of H-pyrrole nitrogens is 1. The second-order valence-corrected chi connectivity index (χ2v) is 4.61. The van der Waals surface area contributed by atoms with Crippen LogP contribution >= 0.6 is 22.6 Å². The van der Waals surface area contributed by atoms with Crippen LogP contribution in [0.4, 0.5) is 11.5 Å². The average molecular weight is 357 g/mol. The van der Waals surface area contributed by atoms with E-state index < -0.39 is 10.8 Å². The number of carbonyl (C=O) groups excluding carboxylic acids is 1. The summed E-state index contributed by atoms with van der Waals surface area (Å²) in [5.74, 6) is -0.616. The molecule has 0 aliphatic carbocycles. The number of aromatic amines is 1. The Labute approximate surface area is 116 Å². The Hall–Kier alpha value is -1.90. The van der Waals surface area contributed by atoms with Gasteiger partial charge in [0.05, 0.1) is 5.69 Å². The minimum Gasteiger partial charge on any atom is -0.358 e. The summed E-state index contributed by atoms with van der Waals surface area (Å²) in [6.07, 6.45) is 0. The Bertz CT molecular complexity index is 609. The van der Waals surface area contributed by atoms with Gasteiger partial charge in [0.1, 0.15) is 0 Å². The SMILES string of the molecule is O=C(Nc1ccccc1I)c1ccc([N+](=O)[O-])[nH]1.